The summed E-state index contributed by atoms with van der Waals surface area (Å²) in [5, 5.41) is 5.64. The van der Waals surface area contributed by atoms with Gasteiger partial charge in [-0.3, -0.25) is 14.4 Å². The Hall–Kier alpha value is -1.63. The van der Waals surface area contributed by atoms with Gasteiger partial charge in [-0.05, 0) is 0 Å². The van der Waals surface area contributed by atoms with Crippen LogP contribution in [0.15, 0.2) is 0 Å². The van der Waals surface area contributed by atoms with Crippen LogP contribution < -0.4 is 16.4 Å². The first-order valence-corrected chi connectivity index (χ1v) is 5.67. The number of nitrogens with one attached hydrogen (secondary N) is 2. The number of hydrogen-bond donors (Lipinski definition) is 3. The third-order valence-corrected chi connectivity index (χ3v) is 3.18. The van der Waals surface area contributed by atoms with Gasteiger partial charge in [-0.1, -0.05) is 0 Å². The molecule has 2 rings (SSSR count). The Morgan fingerprint density at radius 3 is 2.71 bits per heavy atom. The monoisotopic (exact) mass is 240 g/mol. The molecule has 7 heteroatoms. The second kappa shape index (κ2) is 4.70. The number of nitrogens with zero attached hydrogens (tertiary/aromatic N) is 1. The third kappa shape index (κ3) is 2.38. The highest BCUT2D eigenvalue weighted by Gasteiger charge is 2.37. The maximum Gasteiger partial charge on any atom is 0.241 e. The normalized spacial score (nSPS) is 28.9. The van der Waals surface area contributed by atoms with Crippen LogP contribution in [0.5, 0.6) is 0 Å². The van der Waals surface area contributed by atoms with Crippen LogP contribution in [0.2, 0.25) is 0 Å². The van der Waals surface area contributed by atoms with Gasteiger partial charge in [-0.15, -0.1) is 0 Å². The van der Waals surface area contributed by atoms with E-state index >= 15 is 0 Å². The maximum atomic E-state index is 12.2. The fraction of sp³-hybridized carbons (Fsp3) is 0.700. The minimum absolute atomic E-state index is 0.117. The largest absolute Gasteiger partial charge is 0.368 e. The standard InChI is InChI=1S/C10H16N4O3/c11-9(16)7-5-12-1-2-14(7)10(17)6-3-8(15)13-4-6/h6-7,12H,1-5H2,(H2,11,16)(H,13,15). The molecule has 0 aliphatic carbocycles. The summed E-state index contributed by atoms with van der Waals surface area (Å²) in [6.45, 7) is 1.84. The molecule has 2 heterocycles. The van der Waals surface area contributed by atoms with Gasteiger partial charge in [-0.25, -0.2) is 0 Å². The van der Waals surface area contributed by atoms with Crippen molar-refractivity contribution in [1.29, 1.82) is 0 Å². The van der Waals surface area contributed by atoms with E-state index in [0.717, 1.165) is 0 Å². The number of primary amides is 1. The number of carbonyl (C=O) groups is 3. The fourth-order valence-corrected chi connectivity index (χ4v) is 2.24. The van der Waals surface area contributed by atoms with Crippen molar-refractivity contribution in [3.05, 3.63) is 0 Å². The first-order valence-electron chi connectivity index (χ1n) is 5.67. The van der Waals surface area contributed by atoms with E-state index in [9.17, 15) is 14.4 Å². The number of nitrogens with two attached hydrogens (primary N) is 1. The van der Waals surface area contributed by atoms with Crippen LogP contribution in [0.1, 0.15) is 6.42 Å². The number of hydrogen-bond acceptors (Lipinski definition) is 4. The highest BCUT2D eigenvalue weighted by atomic mass is 16.2. The van der Waals surface area contributed by atoms with Crippen molar-refractivity contribution >= 4 is 17.7 Å². The van der Waals surface area contributed by atoms with Crippen molar-refractivity contribution < 1.29 is 14.4 Å². The van der Waals surface area contributed by atoms with Crippen LogP contribution in [-0.4, -0.2) is 54.8 Å². The summed E-state index contributed by atoms with van der Waals surface area (Å²) in [5.74, 6) is -1.15. The van der Waals surface area contributed by atoms with E-state index in [1.807, 2.05) is 0 Å². The summed E-state index contributed by atoms with van der Waals surface area (Å²) in [5.41, 5.74) is 5.27. The van der Waals surface area contributed by atoms with Gasteiger partial charge in [0.1, 0.15) is 6.04 Å². The topological polar surface area (TPSA) is 105 Å². The van der Waals surface area contributed by atoms with Gasteiger partial charge in [-0.2, -0.15) is 0 Å². The zero-order chi connectivity index (χ0) is 12.4. The lowest BCUT2D eigenvalue weighted by Crippen LogP contribution is -2.60. The molecule has 3 amide bonds. The summed E-state index contributed by atoms with van der Waals surface area (Å²) < 4.78 is 0. The summed E-state index contributed by atoms with van der Waals surface area (Å²) in [6.07, 6.45) is 0.203. The van der Waals surface area contributed by atoms with Crippen LogP contribution in [0.3, 0.4) is 0 Å². The van der Waals surface area contributed by atoms with Crippen LogP contribution in [-0.2, 0) is 14.4 Å². The molecule has 2 unspecified atom stereocenters. The van der Waals surface area contributed by atoms with Crippen molar-refractivity contribution in [3.8, 4) is 0 Å². The molecule has 0 saturated carbocycles. The van der Waals surface area contributed by atoms with Crippen molar-refractivity contribution in [2.24, 2.45) is 11.7 Å². The Morgan fingerprint density at radius 1 is 1.35 bits per heavy atom. The fourth-order valence-electron chi connectivity index (χ4n) is 2.24. The highest BCUT2D eigenvalue weighted by molar-refractivity contribution is 5.92. The van der Waals surface area contributed by atoms with Crippen LogP contribution in [0.25, 0.3) is 0 Å². The summed E-state index contributed by atoms with van der Waals surface area (Å²) in [4.78, 5) is 36.0. The minimum atomic E-state index is -0.605. The molecule has 0 bridgehead atoms. The van der Waals surface area contributed by atoms with Gasteiger partial charge in [0.25, 0.3) is 0 Å². The molecule has 4 N–H and O–H groups in total. The molecule has 7 nitrogen and oxygen atoms in total. The number of rotatable bonds is 2. The molecule has 2 saturated heterocycles. The van der Waals surface area contributed by atoms with Crippen LogP contribution >= 0.6 is 0 Å². The van der Waals surface area contributed by atoms with Gasteiger partial charge >= 0.3 is 0 Å². The van der Waals surface area contributed by atoms with Crippen molar-refractivity contribution in [2.45, 2.75) is 12.5 Å². The molecule has 17 heavy (non-hydrogen) atoms. The first-order chi connectivity index (χ1) is 8.09. The van der Waals surface area contributed by atoms with Gasteiger partial charge in [0.2, 0.25) is 17.7 Å². The van der Waals surface area contributed by atoms with E-state index in [4.69, 9.17) is 5.73 Å². The summed E-state index contributed by atoms with van der Waals surface area (Å²) in [7, 11) is 0. The molecular weight excluding hydrogens is 224 g/mol. The molecule has 0 aromatic carbocycles. The predicted molar refractivity (Wildman–Crippen MR) is 58.7 cm³/mol. The highest BCUT2D eigenvalue weighted by Crippen LogP contribution is 2.15. The molecule has 0 spiro atoms. The SMILES string of the molecule is NC(=O)C1CNCCN1C(=O)C1CNC(=O)C1. The molecule has 0 radical (unpaired) electrons. The van der Waals surface area contributed by atoms with E-state index in [1.165, 1.54) is 4.90 Å². The zero-order valence-corrected chi connectivity index (χ0v) is 9.44. The van der Waals surface area contributed by atoms with Gasteiger partial charge in [0, 0.05) is 32.6 Å². The van der Waals surface area contributed by atoms with E-state index in [-0.39, 0.29) is 24.2 Å². The first kappa shape index (κ1) is 11.8. The maximum absolute atomic E-state index is 12.2. The van der Waals surface area contributed by atoms with E-state index in [2.05, 4.69) is 10.6 Å². The second-order valence-electron chi connectivity index (χ2n) is 4.36. The van der Waals surface area contributed by atoms with Gasteiger partial charge in [0.15, 0.2) is 0 Å². The molecular formula is C10H16N4O3. The molecule has 2 atom stereocenters. The molecule has 94 valence electrons. The quantitative estimate of drug-likeness (QED) is 0.492. The Labute approximate surface area is 98.7 Å². The smallest absolute Gasteiger partial charge is 0.241 e. The van der Waals surface area contributed by atoms with Gasteiger partial charge in [0.05, 0.1) is 5.92 Å². The van der Waals surface area contributed by atoms with Crippen LogP contribution in [0, 0.1) is 5.92 Å². The zero-order valence-electron chi connectivity index (χ0n) is 9.44. The second-order valence-corrected chi connectivity index (χ2v) is 4.36. The van der Waals surface area contributed by atoms with E-state index in [0.29, 0.717) is 26.2 Å². The summed E-state index contributed by atoms with van der Waals surface area (Å²) >= 11 is 0. The molecule has 0 aromatic rings. The number of carbonyl (C=O) groups excluding carboxylic acids is 3. The van der Waals surface area contributed by atoms with Crippen molar-refractivity contribution in [1.82, 2.24) is 15.5 Å². The van der Waals surface area contributed by atoms with E-state index < -0.39 is 11.9 Å². The predicted octanol–water partition coefficient (Wildman–Crippen LogP) is -2.59. The van der Waals surface area contributed by atoms with Crippen molar-refractivity contribution in [2.75, 3.05) is 26.2 Å². The summed E-state index contributed by atoms with van der Waals surface area (Å²) in [6, 6.07) is -0.605. The molecule has 2 aliphatic rings. The Morgan fingerprint density at radius 2 is 2.12 bits per heavy atom. The molecule has 2 aliphatic heterocycles. The van der Waals surface area contributed by atoms with Gasteiger partial charge < -0.3 is 21.3 Å². The minimum Gasteiger partial charge on any atom is -0.368 e. The Kier molecular flexibility index (Phi) is 3.28. The number of amides is 3. The Bertz CT molecular complexity index is 357. The average molecular weight is 240 g/mol. The molecule has 0 aromatic heterocycles. The third-order valence-electron chi connectivity index (χ3n) is 3.18. The Balaban J connectivity index is 2.06. The number of piperazine rings is 1. The molecule has 2 fully saturated rings. The van der Waals surface area contributed by atoms with E-state index in [1.54, 1.807) is 0 Å². The van der Waals surface area contributed by atoms with Crippen molar-refractivity contribution in [3.63, 3.8) is 0 Å². The average Bonchev–Trinajstić information content (AvgIpc) is 2.75. The lowest BCUT2D eigenvalue weighted by Gasteiger charge is -2.35. The lowest BCUT2D eigenvalue weighted by atomic mass is 10.0. The lowest BCUT2D eigenvalue weighted by molar-refractivity contribution is -0.143. The van der Waals surface area contributed by atoms with Crippen LogP contribution in [0.4, 0.5) is 0 Å².